The summed E-state index contributed by atoms with van der Waals surface area (Å²) in [6, 6.07) is 0. The lowest BCUT2D eigenvalue weighted by Gasteiger charge is -2.14. The number of hydrogen-bond donors (Lipinski definition) is 1. The first-order valence-corrected chi connectivity index (χ1v) is 4.06. The van der Waals surface area contributed by atoms with Crippen molar-refractivity contribution in [1.29, 1.82) is 0 Å². The number of aliphatic carboxylic acids is 1. The van der Waals surface area contributed by atoms with Gasteiger partial charge in [-0.1, -0.05) is 13.0 Å². The molecule has 0 saturated heterocycles. The van der Waals surface area contributed by atoms with E-state index in [4.69, 9.17) is 5.11 Å². The van der Waals surface area contributed by atoms with E-state index < -0.39 is 23.8 Å². The van der Waals surface area contributed by atoms with Crippen LogP contribution in [-0.2, 0) is 14.3 Å². The molecule has 13 heavy (non-hydrogen) atoms. The van der Waals surface area contributed by atoms with Crippen molar-refractivity contribution < 1.29 is 19.4 Å². The van der Waals surface area contributed by atoms with E-state index in [0.29, 0.717) is 0 Å². The molecule has 0 aliphatic carbocycles. The van der Waals surface area contributed by atoms with E-state index in [0.717, 1.165) is 0 Å². The van der Waals surface area contributed by atoms with Crippen molar-refractivity contribution in [2.24, 2.45) is 11.8 Å². The summed E-state index contributed by atoms with van der Waals surface area (Å²) in [6.45, 7) is 6.87. The standard InChI is InChI=1S/C9H14O4/c1-4-6(3)7(8(10)11)9(12)13-5-2/h4,6-7H,1,5H2,2-3H3,(H,10,11). The van der Waals surface area contributed by atoms with E-state index in [1.54, 1.807) is 13.8 Å². The van der Waals surface area contributed by atoms with Crippen molar-refractivity contribution in [2.75, 3.05) is 6.61 Å². The van der Waals surface area contributed by atoms with Gasteiger partial charge in [-0.15, -0.1) is 6.58 Å². The Morgan fingerprint density at radius 3 is 2.46 bits per heavy atom. The highest BCUT2D eigenvalue weighted by Gasteiger charge is 2.31. The van der Waals surface area contributed by atoms with Gasteiger partial charge >= 0.3 is 11.9 Å². The first-order chi connectivity index (χ1) is 6.04. The zero-order chi connectivity index (χ0) is 10.4. The van der Waals surface area contributed by atoms with Gasteiger partial charge in [-0.2, -0.15) is 0 Å². The summed E-state index contributed by atoms with van der Waals surface area (Å²) in [5.41, 5.74) is 0. The van der Waals surface area contributed by atoms with Crippen LogP contribution in [0.1, 0.15) is 13.8 Å². The lowest BCUT2D eigenvalue weighted by molar-refractivity contribution is -0.159. The topological polar surface area (TPSA) is 63.6 Å². The van der Waals surface area contributed by atoms with Gasteiger partial charge in [0.05, 0.1) is 6.61 Å². The van der Waals surface area contributed by atoms with Crippen molar-refractivity contribution in [2.45, 2.75) is 13.8 Å². The number of esters is 1. The molecule has 0 heterocycles. The SMILES string of the molecule is C=CC(C)C(C(=O)O)C(=O)OCC. The van der Waals surface area contributed by atoms with E-state index in [2.05, 4.69) is 11.3 Å². The minimum absolute atomic E-state index is 0.187. The first-order valence-electron chi connectivity index (χ1n) is 4.06. The number of carboxylic acids is 1. The quantitative estimate of drug-likeness (QED) is 0.396. The Kier molecular flexibility index (Phi) is 4.80. The number of allylic oxidation sites excluding steroid dienone is 1. The van der Waals surface area contributed by atoms with Crippen LogP contribution >= 0.6 is 0 Å². The molecular weight excluding hydrogens is 172 g/mol. The van der Waals surface area contributed by atoms with Gasteiger partial charge in [0.1, 0.15) is 0 Å². The molecular formula is C9H14O4. The van der Waals surface area contributed by atoms with Gasteiger partial charge in [0.25, 0.3) is 0 Å². The fourth-order valence-corrected chi connectivity index (χ4v) is 0.908. The van der Waals surface area contributed by atoms with Gasteiger partial charge in [-0.3, -0.25) is 9.59 Å². The van der Waals surface area contributed by atoms with Gasteiger partial charge in [0.15, 0.2) is 5.92 Å². The highest BCUT2D eigenvalue weighted by molar-refractivity contribution is 5.94. The fraction of sp³-hybridized carbons (Fsp3) is 0.556. The molecule has 0 fully saturated rings. The largest absolute Gasteiger partial charge is 0.481 e. The Labute approximate surface area is 77.2 Å². The molecule has 0 aromatic heterocycles. The van der Waals surface area contributed by atoms with Gasteiger partial charge in [-0.05, 0) is 12.8 Å². The van der Waals surface area contributed by atoms with Crippen LogP contribution in [-0.4, -0.2) is 23.7 Å². The molecule has 0 amide bonds. The normalized spacial score (nSPS) is 14.3. The zero-order valence-electron chi connectivity index (χ0n) is 7.82. The lowest BCUT2D eigenvalue weighted by atomic mass is 9.94. The number of carbonyl (C=O) groups excluding carboxylic acids is 1. The Bertz CT molecular complexity index is 210. The third-order valence-electron chi connectivity index (χ3n) is 1.70. The van der Waals surface area contributed by atoms with Gasteiger partial charge in [-0.25, -0.2) is 0 Å². The van der Waals surface area contributed by atoms with Crippen LogP contribution in [0.4, 0.5) is 0 Å². The molecule has 1 N–H and O–H groups in total. The number of carbonyl (C=O) groups is 2. The van der Waals surface area contributed by atoms with Gasteiger partial charge in [0, 0.05) is 0 Å². The molecule has 0 saturated carbocycles. The second-order valence-electron chi connectivity index (χ2n) is 2.66. The highest BCUT2D eigenvalue weighted by Crippen LogP contribution is 2.14. The fourth-order valence-electron chi connectivity index (χ4n) is 0.908. The molecule has 0 bridgehead atoms. The smallest absolute Gasteiger partial charge is 0.320 e. The molecule has 0 rings (SSSR count). The van der Waals surface area contributed by atoms with Crippen LogP contribution < -0.4 is 0 Å². The Morgan fingerprint density at radius 2 is 2.15 bits per heavy atom. The number of ether oxygens (including phenoxy) is 1. The molecule has 0 aromatic carbocycles. The van der Waals surface area contributed by atoms with Crippen molar-refractivity contribution in [3.05, 3.63) is 12.7 Å². The predicted molar refractivity (Wildman–Crippen MR) is 47.1 cm³/mol. The van der Waals surface area contributed by atoms with Crippen molar-refractivity contribution in [3.63, 3.8) is 0 Å². The summed E-state index contributed by atoms with van der Waals surface area (Å²) in [5, 5.41) is 8.72. The molecule has 0 radical (unpaired) electrons. The predicted octanol–water partition coefficient (Wildman–Crippen LogP) is 1.07. The van der Waals surface area contributed by atoms with E-state index in [-0.39, 0.29) is 6.61 Å². The summed E-state index contributed by atoms with van der Waals surface area (Å²) < 4.78 is 4.62. The van der Waals surface area contributed by atoms with Gasteiger partial charge < -0.3 is 9.84 Å². The molecule has 0 aliphatic heterocycles. The average Bonchev–Trinajstić information content (AvgIpc) is 2.04. The number of hydrogen-bond acceptors (Lipinski definition) is 3. The maximum absolute atomic E-state index is 11.1. The first kappa shape index (κ1) is 11.7. The van der Waals surface area contributed by atoms with Crippen LogP contribution in [0, 0.1) is 11.8 Å². The molecule has 2 atom stereocenters. The molecule has 0 spiro atoms. The highest BCUT2D eigenvalue weighted by atomic mass is 16.5. The maximum Gasteiger partial charge on any atom is 0.320 e. The average molecular weight is 186 g/mol. The Balaban J connectivity index is 4.50. The number of carboxylic acid groups (broad SMARTS) is 1. The summed E-state index contributed by atoms with van der Waals surface area (Å²) in [7, 11) is 0. The summed E-state index contributed by atoms with van der Waals surface area (Å²) >= 11 is 0. The molecule has 0 aliphatic rings. The second kappa shape index (κ2) is 5.35. The molecule has 0 aromatic rings. The third kappa shape index (κ3) is 3.27. The Hall–Kier alpha value is -1.32. The second-order valence-corrected chi connectivity index (χ2v) is 2.66. The van der Waals surface area contributed by atoms with E-state index in [9.17, 15) is 9.59 Å². The van der Waals surface area contributed by atoms with Gasteiger partial charge in [0.2, 0.25) is 0 Å². The monoisotopic (exact) mass is 186 g/mol. The van der Waals surface area contributed by atoms with Crippen molar-refractivity contribution >= 4 is 11.9 Å². The van der Waals surface area contributed by atoms with Crippen LogP contribution in [0.2, 0.25) is 0 Å². The van der Waals surface area contributed by atoms with Crippen molar-refractivity contribution in [1.82, 2.24) is 0 Å². The molecule has 74 valence electrons. The van der Waals surface area contributed by atoms with Crippen molar-refractivity contribution in [3.8, 4) is 0 Å². The summed E-state index contributed by atoms with van der Waals surface area (Å²) in [4.78, 5) is 21.8. The summed E-state index contributed by atoms with van der Waals surface area (Å²) in [5.74, 6) is -3.44. The maximum atomic E-state index is 11.1. The Morgan fingerprint density at radius 1 is 1.62 bits per heavy atom. The minimum atomic E-state index is -1.18. The minimum Gasteiger partial charge on any atom is -0.481 e. The third-order valence-corrected chi connectivity index (χ3v) is 1.70. The van der Waals surface area contributed by atoms with E-state index in [1.807, 2.05) is 0 Å². The molecule has 4 heteroatoms. The van der Waals surface area contributed by atoms with Crippen LogP contribution in [0.3, 0.4) is 0 Å². The molecule has 4 nitrogen and oxygen atoms in total. The lowest BCUT2D eigenvalue weighted by Crippen LogP contribution is -2.30. The molecule has 2 unspecified atom stereocenters. The van der Waals surface area contributed by atoms with E-state index in [1.165, 1.54) is 6.08 Å². The summed E-state index contributed by atoms with van der Waals surface area (Å²) in [6.07, 6.45) is 1.43. The van der Waals surface area contributed by atoms with Crippen LogP contribution in [0.25, 0.3) is 0 Å². The van der Waals surface area contributed by atoms with Crippen LogP contribution in [0.5, 0.6) is 0 Å². The van der Waals surface area contributed by atoms with Crippen LogP contribution in [0.15, 0.2) is 12.7 Å². The van der Waals surface area contributed by atoms with E-state index >= 15 is 0 Å². The number of rotatable bonds is 5. The zero-order valence-corrected chi connectivity index (χ0v) is 7.82.